The normalized spacial score (nSPS) is 10.2. The summed E-state index contributed by atoms with van der Waals surface area (Å²) in [5, 5.41) is 17.0. The van der Waals surface area contributed by atoms with Crippen LogP contribution in [-0.2, 0) is 6.61 Å². The van der Waals surface area contributed by atoms with Gasteiger partial charge in [-0.25, -0.2) is 4.79 Å². The lowest BCUT2D eigenvalue weighted by Crippen LogP contribution is -2.10. The third-order valence-corrected chi connectivity index (χ3v) is 3.17. The van der Waals surface area contributed by atoms with E-state index >= 15 is 0 Å². The van der Waals surface area contributed by atoms with E-state index in [1.165, 1.54) is 0 Å². The van der Waals surface area contributed by atoms with E-state index in [0.717, 1.165) is 11.3 Å². The van der Waals surface area contributed by atoms with E-state index in [9.17, 15) is 9.90 Å². The zero-order chi connectivity index (χ0) is 15.4. The van der Waals surface area contributed by atoms with Crippen molar-refractivity contribution < 1.29 is 19.4 Å². The molecule has 0 saturated carbocycles. The molecule has 0 saturated heterocycles. The zero-order valence-electron chi connectivity index (χ0n) is 12.1. The molecule has 1 heterocycles. The maximum atomic E-state index is 11.3. The third-order valence-electron chi connectivity index (χ3n) is 3.17. The summed E-state index contributed by atoms with van der Waals surface area (Å²) in [6.45, 7) is 3.61. The van der Waals surface area contributed by atoms with Gasteiger partial charge in [0, 0.05) is 0 Å². The number of aryl methyl sites for hydroxylation is 1. The van der Waals surface area contributed by atoms with E-state index in [-0.39, 0.29) is 18.1 Å². The predicted octanol–water partition coefficient (Wildman–Crippen LogP) is 2.38. The first-order valence-corrected chi connectivity index (χ1v) is 6.36. The zero-order valence-corrected chi connectivity index (χ0v) is 12.1. The third kappa shape index (κ3) is 3.28. The Bertz CT molecular complexity index is 653. The predicted molar refractivity (Wildman–Crippen MR) is 75.8 cm³/mol. The molecule has 0 fully saturated rings. The second-order valence-electron chi connectivity index (χ2n) is 4.53. The highest BCUT2D eigenvalue weighted by Crippen LogP contribution is 2.21. The van der Waals surface area contributed by atoms with Gasteiger partial charge >= 0.3 is 5.97 Å². The molecule has 0 bridgehead atoms. The molecule has 21 heavy (non-hydrogen) atoms. The van der Waals surface area contributed by atoms with Crippen molar-refractivity contribution in [1.82, 2.24) is 10.2 Å². The first-order valence-electron chi connectivity index (χ1n) is 6.36. The minimum Gasteiger partial charge on any atom is -0.497 e. The van der Waals surface area contributed by atoms with Crippen LogP contribution in [0.25, 0.3) is 0 Å². The molecule has 0 amide bonds. The standard InChI is InChI=1S/C15H16N2O4/c1-9-10(2)16-17-14(13(9)15(18)19)21-8-11-4-6-12(20-3)7-5-11/h4-7H,8H2,1-3H3,(H,18,19). The lowest BCUT2D eigenvalue weighted by Gasteiger charge is -2.11. The topological polar surface area (TPSA) is 81.5 Å². The van der Waals surface area contributed by atoms with Gasteiger partial charge in [0.15, 0.2) is 0 Å². The Labute approximate surface area is 122 Å². The van der Waals surface area contributed by atoms with Crippen LogP contribution in [0, 0.1) is 13.8 Å². The van der Waals surface area contributed by atoms with Crippen molar-refractivity contribution in [1.29, 1.82) is 0 Å². The highest BCUT2D eigenvalue weighted by atomic mass is 16.5. The molecule has 6 heteroatoms. The Morgan fingerprint density at radius 3 is 2.43 bits per heavy atom. The average Bonchev–Trinajstić information content (AvgIpc) is 2.48. The molecule has 2 aromatic rings. The number of methoxy groups -OCH3 is 1. The Morgan fingerprint density at radius 2 is 1.86 bits per heavy atom. The number of carbonyl (C=O) groups is 1. The van der Waals surface area contributed by atoms with E-state index in [1.807, 2.05) is 24.3 Å². The van der Waals surface area contributed by atoms with Gasteiger partial charge in [-0.3, -0.25) is 0 Å². The summed E-state index contributed by atoms with van der Waals surface area (Å²) in [6, 6.07) is 7.30. The molecule has 2 rings (SSSR count). The minimum absolute atomic E-state index is 0.0291. The summed E-state index contributed by atoms with van der Waals surface area (Å²) in [5.41, 5.74) is 2.06. The molecule has 0 spiro atoms. The van der Waals surface area contributed by atoms with Crippen LogP contribution < -0.4 is 9.47 Å². The van der Waals surface area contributed by atoms with Gasteiger partial charge < -0.3 is 14.6 Å². The summed E-state index contributed by atoms with van der Waals surface area (Å²) in [7, 11) is 1.59. The number of aromatic nitrogens is 2. The van der Waals surface area contributed by atoms with Crippen LogP contribution >= 0.6 is 0 Å². The Kier molecular flexibility index (Phi) is 4.37. The van der Waals surface area contributed by atoms with Gasteiger partial charge in [-0.05, 0) is 37.1 Å². The molecule has 1 N–H and O–H groups in total. The molecule has 0 aliphatic carbocycles. The van der Waals surface area contributed by atoms with Crippen LogP contribution in [0.4, 0.5) is 0 Å². The first kappa shape index (κ1) is 14.8. The maximum Gasteiger partial charge on any atom is 0.341 e. The molecule has 0 unspecified atom stereocenters. The fourth-order valence-electron chi connectivity index (χ4n) is 1.81. The largest absolute Gasteiger partial charge is 0.497 e. The van der Waals surface area contributed by atoms with E-state index in [4.69, 9.17) is 9.47 Å². The highest BCUT2D eigenvalue weighted by Gasteiger charge is 2.19. The van der Waals surface area contributed by atoms with Crippen molar-refractivity contribution in [2.75, 3.05) is 7.11 Å². The van der Waals surface area contributed by atoms with Crippen LogP contribution in [0.5, 0.6) is 11.6 Å². The number of benzene rings is 1. The molecule has 6 nitrogen and oxygen atoms in total. The van der Waals surface area contributed by atoms with Gasteiger partial charge in [-0.1, -0.05) is 12.1 Å². The lowest BCUT2D eigenvalue weighted by atomic mass is 10.1. The number of ether oxygens (including phenoxy) is 2. The van der Waals surface area contributed by atoms with Crippen molar-refractivity contribution in [3.63, 3.8) is 0 Å². The summed E-state index contributed by atoms with van der Waals surface area (Å²) < 4.78 is 10.6. The van der Waals surface area contributed by atoms with Crippen molar-refractivity contribution >= 4 is 5.97 Å². The Morgan fingerprint density at radius 1 is 1.19 bits per heavy atom. The van der Waals surface area contributed by atoms with Crippen LogP contribution in [0.1, 0.15) is 27.2 Å². The summed E-state index contributed by atoms with van der Waals surface area (Å²) >= 11 is 0. The molecule has 1 aromatic carbocycles. The molecule has 1 aromatic heterocycles. The monoisotopic (exact) mass is 288 g/mol. The van der Waals surface area contributed by atoms with E-state index < -0.39 is 5.97 Å². The van der Waals surface area contributed by atoms with Gasteiger partial charge in [0.2, 0.25) is 5.88 Å². The fourth-order valence-corrected chi connectivity index (χ4v) is 1.81. The smallest absolute Gasteiger partial charge is 0.341 e. The molecule has 110 valence electrons. The van der Waals surface area contributed by atoms with Crippen molar-refractivity contribution in [3.8, 4) is 11.6 Å². The highest BCUT2D eigenvalue weighted by molar-refractivity contribution is 5.91. The van der Waals surface area contributed by atoms with E-state index in [2.05, 4.69) is 10.2 Å². The number of aromatic carboxylic acids is 1. The van der Waals surface area contributed by atoms with Crippen LogP contribution in [-0.4, -0.2) is 28.4 Å². The average molecular weight is 288 g/mol. The summed E-state index contributed by atoms with van der Waals surface area (Å²) in [4.78, 5) is 11.3. The number of carboxylic acid groups (broad SMARTS) is 1. The second-order valence-corrected chi connectivity index (χ2v) is 4.53. The van der Waals surface area contributed by atoms with Crippen LogP contribution in [0.3, 0.4) is 0 Å². The van der Waals surface area contributed by atoms with Gasteiger partial charge in [-0.15, -0.1) is 5.10 Å². The summed E-state index contributed by atoms with van der Waals surface area (Å²) in [5.74, 6) is -0.299. The van der Waals surface area contributed by atoms with Gasteiger partial charge in [0.1, 0.15) is 17.9 Å². The number of nitrogens with zero attached hydrogens (tertiary/aromatic N) is 2. The number of carboxylic acids is 1. The van der Waals surface area contributed by atoms with Gasteiger partial charge in [0.05, 0.1) is 12.8 Å². The Hall–Kier alpha value is -2.63. The molecule has 0 atom stereocenters. The first-order chi connectivity index (χ1) is 10.0. The second kappa shape index (κ2) is 6.21. The van der Waals surface area contributed by atoms with Gasteiger partial charge in [-0.2, -0.15) is 5.10 Å². The van der Waals surface area contributed by atoms with E-state index in [1.54, 1.807) is 21.0 Å². The quantitative estimate of drug-likeness (QED) is 0.909. The van der Waals surface area contributed by atoms with Crippen molar-refractivity contribution in [3.05, 3.63) is 46.6 Å². The maximum absolute atomic E-state index is 11.3. The van der Waals surface area contributed by atoms with Crippen molar-refractivity contribution in [2.24, 2.45) is 0 Å². The van der Waals surface area contributed by atoms with Crippen LogP contribution in [0.2, 0.25) is 0 Å². The fraction of sp³-hybridized carbons (Fsp3) is 0.267. The molecule has 0 aliphatic rings. The summed E-state index contributed by atoms with van der Waals surface area (Å²) in [6.07, 6.45) is 0. The number of hydrogen-bond donors (Lipinski definition) is 1. The SMILES string of the molecule is COc1ccc(COc2nnc(C)c(C)c2C(=O)O)cc1. The molecule has 0 aliphatic heterocycles. The number of rotatable bonds is 5. The minimum atomic E-state index is -1.07. The molecular formula is C15H16N2O4. The molecule has 0 radical (unpaired) electrons. The van der Waals surface area contributed by atoms with E-state index in [0.29, 0.717) is 11.3 Å². The Balaban J connectivity index is 2.19. The van der Waals surface area contributed by atoms with Gasteiger partial charge in [0.25, 0.3) is 0 Å². The lowest BCUT2D eigenvalue weighted by molar-refractivity contribution is 0.0689. The number of hydrogen-bond acceptors (Lipinski definition) is 5. The van der Waals surface area contributed by atoms with Crippen molar-refractivity contribution in [2.45, 2.75) is 20.5 Å². The van der Waals surface area contributed by atoms with Crippen LogP contribution in [0.15, 0.2) is 24.3 Å². The molecular weight excluding hydrogens is 272 g/mol.